The van der Waals surface area contributed by atoms with Crippen molar-refractivity contribution in [3.63, 3.8) is 0 Å². The summed E-state index contributed by atoms with van der Waals surface area (Å²) < 4.78 is 11.5. The molecule has 0 radical (unpaired) electrons. The van der Waals surface area contributed by atoms with Crippen LogP contribution in [0.4, 0.5) is 0 Å². The number of nitrogens with zero attached hydrogens (tertiary/aromatic N) is 1. The Morgan fingerprint density at radius 2 is 1.96 bits per heavy atom. The van der Waals surface area contributed by atoms with Crippen LogP contribution in [0.25, 0.3) is 11.0 Å². The highest BCUT2D eigenvalue weighted by atomic mass is 16.5. The van der Waals surface area contributed by atoms with Gasteiger partial charge in [0.1, 0.15) is 11.1 Å². The summed E-state index contributed by atoms with van der Waals surface area (Å²) in [4.78, 5) is 27.2. The molecule has 1 spiro atoms. The lowest BCUT2D eigenvalue weighted by Crippen LogP contribution is -2.60. The van der Waals surface area contributed by atoms with Crippen LogP contribution in [0.1, 0.15) is 36.0 Å². The molecule has 136 valence electrons. The Kier molecular flexibility index (Phi) is 3.65. The summed E-state index contributed by atoms with van der Waals surface area (Å²) in [5.41, 5.74) is -0.234. The highest BCUT2D eigenvalue weighted by Crippen LogP contribution is 2.38. The minimum atomic E-state index is -0.570. The lowest BCUT2D eigenvalue weighted by Gasteiger charge is -2.47. The van der Waals surface area contributed by atoms with Crippen molar-refractivity contribution in [2.24, 2.45) is 0 Å². The lowest BCUT2D eigenvalue weighted by molar-refractivity contribution is -0.122. The first kappa shape index (κ1) is 16.0. The van der Waals surface area contributed by atoms with Gasteiger partial charge in [-0.05, 0) is 37.8 Å². The number of benzene rings is 1. The van der Waals surface area contributed by atoms with Crippen molar-refractivity contribution in [3.05, 3.63) is 46.3 Å². The maximum Gasteiger partial charge on any atom is 0.349 e. The van der Waals surface area contributed by atoms with Crippen LogP contribution < -0.4 is 10.9 Å². The van der Waals surface area contributed by atoms with E-state index in [0.29, 0.717) is 37.4 Å². The summed E-state index contributed by atoms with van der Waals surface area (Å²) in [6, 6.07) is 9.87. The maximum atomic E-state index is 13.1. The second-order valence-corrected chi connectivity index (χ2v) is 7.79. The number of para-hydroxylation sites is 1. The largest absolute Gasteiger partial charge is 0.422 e. The first-order valence-corrected chi connectivity index (χ1v) is 9.34. The number of ether oxygens (including phenoxy) is 1. The van der Waals surface area contributed by atoms with E-state index in [1.165, 1.54) is 12.8 Å². The van der Waals surface area contributed by atoms with Crippen molar-refractivity contribution < 1.29 is 13.9 Å². The molecule has 1 N–H and O–H groups in total. The van der Waals surface area contributed by atoms with E-state index in [4.69, 9.17) is 9.15 Å². The van der Waals surface area contributed by atoms with Crippen LogP contribution >= 0.6 is 0 Å². The zero-order valence-electron chi connectivity index (χ0n) is 14.6. The summed E-state index contributed by atoms with van der Waals surface area (Å²) >= 11 is 0. The summed E-state index contributed by atoms with van der Waals surface area (Å²) in [5.74, 6) is -0.252. The Hall–Kier alpha value is -2.18. The Morgan fingerprint density at radius 3 is 2.77 bits per heavy atom. The van der Waals surface area contributed by atoms with E-state index >= 15 is 0 Å². The fourth-order valence-electron chi connectivity index (χ4n) is 4.85. The average Bonchev–Trinajstić information content (AvgIpc) is 2.99. The topological polar surface area (TPSA) is 71.8 Å². The van der Waals surface area contributed by atoms with E-state index in [0.717, 1.165) is 18.2 Å². The van der Waals surface area contributed by atoms with E-state index in [1.807, 2.05) is 18.2 Å². The predicted octanol–water partition coefficient (Wildman–Crippen LogP) is 1.92. The quantitative estimate of drug-likeness (QED) is 0.792. The van der Waals surface area contributed by atoms with Crippen LogP contribution in [0.15, 0.2) is 39.5 Å². The number of piperidine rings is 1. The number of hydrogen-bond acceptors (Lipinski definition) is 5. The van der Waals surface area contributed by atoms with Gasteiger partial charge in [0.2, 0.25) is 0 Å². The molecule has 1 aromatic heterocycles. The summed E-state index contributed by atoms with van der Waals surface area (Å²) in [6.07, 6.45) is 4.22. The molecular formula is C20H22N2O4. The van der Waals surface area contributed by atoms with Crippen molar-refractivity contribution >= 4 is 16.9 Å². The van der Waals surface area contributed by atoms with E-state index in [-0.39, 0.29) is 17.1 Å². The van der Waals surface area contributed by atoms with Gasteiger partial charge in [-0.1, -0.05) is 18.2 Å². The molecule has 2 aromatic rings. The number of amides is 1. The minimum Gasteiger partial charge on any atom is -0.422 e. The smallest absolute Gasteiger partial charge is 0.349 e. The van der Waals surface area contributed by atoms with Crippen LogP contribution in [0.5, 0.6) is 0 Å². The first-order chi connectivity index (χ1) is 12.6. The monoisotopic (exact) mass is 354 g/mol. The fraction of sp³-hybridized carbons (Fsp3) is 0.500. The summed E-state index contributed by atoms with van der Waals surface area (Å²) in [6.45, 7) is 1.58. The molecule has 2 bridgehead atoms. The van der Waals surface area contributed by atoms with Crippen LogP contribution in [0.2, 0.25) is 0 Å². The number of carbonyl (C=O) groups is 1. The molecule has 3 aliphatic heterocycles. The fourth-order valence-corrected chi connectivity index (χ4v) is 4.85. The number of nitrogens with one attached hydrogen (secondary N) is 1. The molecule has 3 fully saturated rings. The van der Waals surface area contributed by atoms with E-state index < -0.39 is 5.63 Å². The first-order valence-electron chi connectivity index (χ1n) is 9.34. The third-order valence-corrected chi connectivity index (χ3v) is 5.98. The van der Waals surface area contributed by atoms with Crippen LogP contribution in [0.3, 0.4) is 0 Å². The molecule has 0 saturated carbocycles. The van der Waals surface area contributed by atoms with Gasteiger partial charge in [0.05, 0.1) is 18.8 Å². The molecule has 6 nitrogen and oxygen atoms in total. The van der Waals surface area contributed by atoms with Gasteiger partial charge in [-0.3, -0.25) is 4.79 Å². The van der Waals surface area contributed by atoms with Crippen molar-refractivity contribution in [2.45, 2.75) is 43.4 Å². The molecule has 3 aliphatic rings. The standard InChI is InChI=1S/C20H22N2O4/c23-18(16-9-13-3-1-2-4-17(13)26-19(16)24)22-7-8-25-20(12-22)10-14-5-6-15(11-20)21-14/h1-4,9,14-15,21H,5-8,10-12H2/t14-,15+,20?. The number of morpholine rings is 1. The Labute approximate surface area is 151 Å². The number of hydrogen-bond donors (Lipinski definition) is 1. The van der Waals surface area contributed by atoms with Gasteiger partial charge in [-0.2, -0.15) is 0 Å². The minimum absolute atomic E-state index is 0.109. The van der Waals surface area contributed by atoms with Crippen LogP contribution in [0, 0.1) is 0 Å². The number of rotatable bonds is 1. The van der Waals surface area contributed by atoms with Crippen LogP contribution in [-0.2, 0) is 4.74 Å². The van der Waals surface area contributed by atoms with Gasteiger partial charge in [0.15, 0.2) is 0 Å². The van der Waals surface area contributed by atoms with Crippen molar-refractivity contribution in [3.8, 4) is 0 Å². The molecule has 3 saturated heterocycles. The second-order valence-electron chi connectivity index (χ2n) is 7.79. The van der Waals surface area contributed by atoms with Crippen LogP contribution in [-0.4, -0.2) is 48.2 Å². The van der Waals surface area contributed by atoms with Crippen molar-refractivity contribution in [1.82, 2.24) is 10.2 Å². The summed E-state index contributed by atoms with van der Waals surface area (Å²) in [7, 11) is 0. The molecule has 3 atom stereocenters. The number of carbonyl (C=O) groups excluding carboxylic acids is 1. The van der Waals surface area contributed by atoms with E-state index in [1.54, 1.807) is 17.0 Å². The molecular weight excluding hydrogens is 332 g/mol. The van der Waals surface area contributed by atoms with Gasteiger partial charge in [-0.15, -0.1) is 0 Å². The zero-order chi connectivity index (χ0) is 17.7. The van der Waals surface area contributed by atoms with E-state index in [9.17, 15) is 9.59 Å². The zero-order valence-corrected chi connectivity index (χ0v) is 14.6. The third-order valence-electron chi connectivity index (χ3n) is 5.98. The highest BCUT2D eigenvalue weighted by molar-refractivity contribution is 5.96. The Balaban J connectivity index is 1.43. The third kappa shape index (κ3) is 2.64. The Morgan fingerprint density at radius 1 is 1.19 bits per heavy atom. The molecule has 1 unspecified atom stereocenters. The molecule has 5 rings (SSSR count). The average molecular weight is 354 g/mol. The number of fused-ring (bicyclic) bond motifs is 3. The Bertz CT molecular complexity index is 909. The maximum absolute atomic E-state index is 13.1. The molecule has 6 heteroatoms. The predicted molar refractivity (Wildman–Crippen MR) is 96.3 cm³/mol. The SMILES string of the molecule is O=C(c1cc2ccccc2oc1=O)N1CCOC2(C[C@H]3CC[C@@H](C2)N3)C1. The summed E-state index contributed by atoms with van der Waals surface area (Å²) in [5, 5.41) is 4.38. The molecule has 0 aliphatic carbocycles. The molecule has 4 heterocycles. The molecule has 1 amide bonds. The highest BCUT2D eigenvalue weighted by Gasteiger charge is 2.47. The van der Waals surface area contributed by atoms with Gasteiger partial charge in [-0.25, -0.2) is 4.79 Å². The molecule has 26 heavy (non-hydrogen) atoms. The van der Waals surface area contributed by atoms with E-state index in [2.05, 4.69) is 5.32 Å². The van der Waals surface area contributed by atoms with Gasteiger partial charge in [0.25, 0.3) is 5.91 Å². The molecule has 1 aromatic carbocycles. The lowest BCUT2D eigenvalue weighted by atomic mass is 9.85. The van der Waals surface area contributed by atoms with Gasteiger partial charge < -0.3 is 19.4 Å². The van der Waals surface area contributed by atoms with Gasteiger partial charge in [0, 0.05) is 24.0 Å². The van der Waals surface area contributed by atoms with Gasteiger partial charge >= 0.3 is 5.63 Å². The second kappa shape index (κ2) is 5.93. The van der Waals surface area contributed by atoms with Crippen molar-refractivity contribution in [2.75, 3.05) is 19.7 Å². The normalized spacial score (nSPS) is 30.8. The van der Waals surface area contributed by atoms with Crippen molar-refractivity contribution in [1.29, 1.82) is 0 Å².